The third-order valence-corrected chi connectivity index (χ3v) is 8.62. The van der Waals surface area contributed by atoms with Gasteiger partial charge in [0.15, 0.2) is 6.10 Å². The lowest BCUT2D eigenvalue weighted by molar-refractivity contribution is -0.161. The zero-order chi connectivity index (χ0) is 35.4. The number of unbranched alkanes of at least 4 members (excludes halogenated alkanes) is 19. The third-order valence-electron chi connectivity index (χ3n) is 8.13. The summed E-state index contributed by atoms with van der Waals surface area (Å²) in [6.45, 7) is 3.63. The summed E-state index contributed by atoms with van der Waals surface area (Å²) >= 11 is 0. The van der Waals surface area contributed by atoms with Gasteiger partial charge in [0.05, 0.1) is 6.61 Å². The van der Waals surface area contributed by atoms with Crippen molar-refractivity contribution >= 4 is 19.8 Å². The van der Waals surface area contributed by atoms with Crippen molar-refractivity contribution in [3.8, 4) is 0 Å². The fraction of sp³-hybridized carbons (Fsp3) is 0.795. The minimum atomic E-state index is -4.75. The Morgan fingerprint density at radius 1 is 0.542 bits per heavy atom. The van der Waals surface area contributed by atoms with E-state index in [0.29, 0.717) is 12.8 Å². The van der Waals surface area contributed by atoms with Crippen LogP contribution >= 0.6 is 7.82 Å². The number of hydrogen-bond acceptors (Lipinski definition) is 6. The van der Waals surface area contributed by atoms with Gasteiger partial charge in [0.25, 0.3) is 0 Å². The summed E-state index contributed by atoms with van der Waals surface area (Å²) < 4.78 is 26.3. The van der Waals surface area contributed by atoms with Crippen LogP contribution in [0.4, 0.5) is 0 Å². The van der Waals surface area contributed by atoms with Gasteiger partial charge < -0.3 is 19.3 Å². The number of rotatable bonds is 35. The molecule has 2 N–H and O–H groups in total. The molecule has 0 spiro atoms. The van der Waals surface area contributed by atoms with Crippen LogP contribution in [-0.2, 0) is 28.2 Å². The number of hydrogen-bond donors (Lipinski definition) is 2. The summed E-state index contributed by atoms with van der Waals surface area (Å²) in [5.41, 5.74) is 0. The molecular weight excluding hydrogens is 627 g/mol. The standard InChI is InChI=1S/C39H71O8P/c1-3-5-7-9-11-13-15-17-19-21-23-25-27-29-31-33-38(40)45-35-37(36-46-48(42,43)44)47-39(41)34-32-30-28-26-24-22-20-18-16-14-12-10-8-6-4-2/h12,14,17-20,37H,3-11,13,15-16,21-36H2,1-2H3,(H2,42,43,44)/b14-12+,19-17+,20-18+/t37-/m1/s1. The van der Waals surface area contributed by atoms with Gasteiger partial charge in [0.2, 0.25) is 0 Å². The third kappa shape index (κ3) is 37.1. The average molecular weight is 699 g/mol. The molecule has 0 saturated carbocycles. The number of esters is 2. The Morgan fingerprint density at radius 3 is 1.44 bits per heavy atom. The van der Waals surface area contributed by atoms with E-state index in [2.05, 4.69) is 54.8 Å². The van der Waals surface area contributed by atoms with Crippen LogP contribution in [0.3, 0.4) is 0 Å². The highest BCUT2D eigenvalue weighted by molar-refractivity contribution is 7.46. The zero-order valence-corrected chi connectivity index (χ0v) is 31.5. The van der Waals surface area contributed by atoms with E-state index in [1.807, 2.05) is 0 Å². The largest absolute Gasteiger partial charge is 0.469 e. The van der Waals surface area contributed by atoms with Crippen molar-refractivity contribution < 1.29 is 37.9 Å². The molecule has 0 heterocycles. The van der Waals surface area contributed by atoms with Gasteiger partial charge in [-0.3, -0.25) is 14.1 Å². The molecule has 0 amide bonds. The summed E-state index contributed by atoms with van der Waals surface area (Å²) in [7, 11) is -4.75. The molecule has 0 saturated heterocycles. The monoisotopic (exact) mass is 698 g/mol. The highest BCUT2D eigenvalue weighted by Crippen LogP contribution is 2.36. The first-order chi connectivity index (χ1) is 23.3. The van der Waals surface area contributed by atoms with Crippen LogP contribution in [0.1, 0.15) is 181 Å². The van der Waals surface area contributed by atoms with Crippen molar-refractivity contribution in [1.82, 2.24) is 0 Å². The molecular formula is C39H71O8P. The average Bonchev–Trinajstić information content (AvgIpc) is 3.05. The van der Waals surface area contributed by atoms with E-state index < -0.39 is 32.5 Å². The van der Waals surface area contributed by atoms with Gasteiger partial charge in [-0.2, -0.15) is 0 Å². The Kier molecular flexibility index (Phi) is 33.8. The molecule has 0 aliphatic carbocycles. The van der Waals surface area contributed by atoms with Crippen LogP contribution < -0.4 is 0 Å². The number of carbonyl (C=O) groups excluding carboxylic acids is 2. The molecule has 48 heavy (non-hydrogen) atoms. The van der Waals surface area contributed by atoms with Crippen LogP contribution in [-0.4, -0.2) is 41.0 Å². The minimum absolute atomic E-state index is 0.194. The van der Waals surface area contributed by atoms with Crippen LogP contribution in [0.2, 0.25) is 0 Å². The van der Waals surface area contributed by atoms with Crippen LogP contribution in [0.25, 0.3) is 0 Å². The van der Waals surface area contributed by atoms with Crippen LogP contribution in [0.5, 0.6) is 0 Å². The fourth-order valence-electron chi connectivity index (χ4n) is 5.22. The molecule has 0 aliphatic rings. The molecule has 0 aliphatic heterocycles. The van der Waals surface area contributed by atoms with Gasteiger partial charge in [-0.25, -0.2) is 4.57 Å². The molecule has 0 unspecified atom stereocenters. The lowest BCUT2D eigenvalue weighted by Crippen LogP contribution is -2.29. The second-order valence-corrected chi connectivity index (χ2v) is 14.1. The van der Waals surface area contributed by atoms with Crippen molar-refractivity contribution in [1.29, 1.82) is 0 Å². The Bertz CT molecular complexity index is 879. The molecule has 0 aromatic heterocycles. The Balaban J connectivity index is 4.00. The lowest BCUT2D eigenvalue weighted by Gasteiger charge is -2.18. The molecule has 0 bridgehead atoms. The maximum atomic E-state index is 12.4. The van der Waals surface area contributed by atoms with Gasteiger partial charge >= 0.3 is 19.8 Å². The summed E-state index contributed by atoms with van der Waals surface area (Å²) in [6.07, 6.45) is 40.0. The van der Waals surface area contributed by atoms with E-state index in [0.717, 1.165) is 70.6 Å². The number of phosphoric ester groups is 1. The van der Waals surface area contributed by atoms with Gasteiger partial charge in [-0.1, -0.05) is 134 Å². The maximum absolute atomic E-state index is 12.4. The highest BCUT2D eigenvalue weighted by atomic mass is 31.2. The lowest BCUT2D eigenvalue weighted by atomic mass is 10.1. The van der Waals surface area contributed by atoms with Crippen molar-refractivity contribution in [2.24, 2.45) is 0 Å². The molecule has 0 rings (SSSR count). The second kappa shape index (κ2) is 35.1. The number of allylic oxidation sites excluding steroid dienone is 6. The van der Waals surface area contributed by atoms with E-state index >= 15 is 0 Å². The van der Waals surface area contributed by atoms with E-state index in [-0.39, 0.29) is 19.4 Å². The fourth-order valence-corrected chi connectivity index (χ4v) is 5.58. The van der Waals surface area contributed by atoms with Crippen molar-refractivity contribution in [3.05, 3.63) is 36.5 Å². The Morgan fingerprint density at radius 2 is 0.938 bits per heavy atom. The second-order valence-electron chi connectivity index (χ2n) is 12.9. The smallest absolute Gasteiger partial charge is 0.462 e. The molecule has 0 aromatic rings. The zero-order valence-electron chi connectivity index (χ0n) is 30.6. The van der Waals surface area contributed by atoms with E-state index in [1.54, 1.807) is 0 Å². The van der Waals surface area contributed by atoms with Gasteiger partial charge in [0.1, 0.15) is 6.61 Å². The molecule has 8 nitrogen and oxygen atoms in total. The summed E-state index contributed by atoms with van der Waals surface area (Å²) in [5.74, 6) is -0.910. The molecule has 1 atom stereocenters. The molecule has 9 heteroatoms. The van der Waals surface area contributed by atoms with Gasteiger partial charge in [0, 0.05) is 12.8 Å². The van der Waals surface area contributed by atoms with E-state index in [4.69, 9.17) is 19.3 Å². The summed E-state index contributed by atoms with van der Waals surface area (Å²) in [4.78, 5) is 42.7. The Hall–Kier alpha value is -1.73. The summed E-state index contributed by atoms with van der Waals surface area (Å²) in [5, 5.41) is 0. The predicted molar refractivity (Wildman–Crippen MR) is 198 cm³/mol. The first-order valence-electron chi connectivity index (χ1n) is 19.3. The molecule has 0 fully saturated rings. The SMILES string of the molecule is CCCCC/C=C/C/C=C/CCCCCCCC(=O)O[C@H](COC(=O)CCCCCCC/C=C/CCCCCCCC)COP(=O)(O)O. The maximum Gasteiger partial charge on any atom is 0.469 e. The van der Waals surface area contributed by atoms with Crippen molar-refractivity contribution in [2.45, 2.75) is 187 Å². The molecule has 280 valence electrons. The first kappa shape index (κ1) is 46.3. The van der Waals surface area contributed by atoms with Crippen molar-refractivity contribution in [3.63, 3.8) is 0 Å². The topological polar surface area (TPSA) is 119 Å². The van der Waals surface area contributed by atoms with Crippen molar-refractivity contribution in [2.75, 3.05) is 13.2 Å². The Labute approximate surface area is 293 Å². The molecule has 0 aromatic carbocycles. The number of phosphoric acid groups is 1. The number of ether oxygens (including phenoxy) is 2. The summed E-state index contributed by atoms with van der Waals surface area (Å²) in [6, 6.07) is 0. The minimum Gasteiger partial charge on any atom is -0.462 e. The van der Waals surface area contributed by atoms with E-state index in [9.17, 15) is 14.2 Å². The highest BCUT2D eigenvalue weighted by Gasteiger charge is 2.22. The van der Waals surface area contributed by atoms with Gasteiger partial charge in [-0.05, 0) is 70.6 Å². The predicted octanol–water partition coefficient (Wildman–Crippen LogP) is 11.4. The number of carbonyl (C=O) groups is 2. The quantitative estimate of drug-likeness (QED) is 0.0290. The van der Waals surface area contributed by atoms with Crippen LogP contribution in [0, 0.1) is 0 Å². The molecule has 0 radical (unpaired) electrons. The van der Waals surface area contributed by atoms with Gasteiger partial charge in [-0.15, -0.1) is 0 Å². The normalized spacial score (nSPS) is 12.8. The first-order valence-corrected chi connectivity index (χ1v) is 20.8. The van der Waals surface area contributed by atoms with E-state index in [1.165, 1.54) is 70.6 Å². The van der Waals surface area contributed by atoms with Crippen LogP contribution in [0.15, 0.2) is 36.5 Å².